The summed E-state index contributed by atoms with van der Waals surface area (Å²) in [6.07, 6.45) is 0.0218. The Morgan fingerprint density at radius 1 is 1.15 bits per heavy atom. The normalized spacial score (nSPS) is 22.0. The molecule has 3 atom stereocenters. The van der Waals surface area contributed by atoms with Crippen LogP contribution in [0.2, 0.25) is 5.02 Å². The van der Waals surface area contributed by atoms with Crippen molar-refractivity contribution < 1.29 is 26.0 Å². The average Bonchev–Trinajstić information content (AvgIpc) is 2.89. The first kappa shape index (κ1) is 29.7. The predicted octanol–water partition coefficient (Wildman–Crippen LogP) is 5.28. The largest absolute Gasteiger partial charge is 0.416 e. The van der Waals surface area contributed by atoms with Crippen molar-refractivity contribution in [3.8, 4) is 0 Å². The van der Waals surface area contributed by atoms with Crippen LogP contribution in [-0.4, -0.2) is 61.5 Å². The van der Waals surface area contributed by atoms with E-state index >= 15 is 4.39 Å². The number of halogens is 5. The van der Waals surface area contributed by atoms with Gasteiger partial charge in [-0.15, -0.1) is 0 Å². The molecule has 1 saturated heterocycles. The number of likely N-dealkylation sites (N-methyl/N-ethyl adjacent to an activating group) is 1. The molecular formula is C28H30ClF4N5O2S. The van der Waals surface area contributed by atoms with E-state index in [0.29, 0.717) is 24.8 Å². The van der Waals surface area contributed by atoms with E-state index in [4.69, 9.17) is 11.6 Å². The van der Waals surface area contributed by atoms with Gasteiger partial charge >= 0.3 is 6.18 Å². The maximum atomic E-state index is 15.2. The zero-order valence-electron chi connectivity index (χ0n) is 22.2. The van der Waals surface area contributed by atoms with Gasteiger partial charge in [-0.3, -0.25) is 4.90 Å². The van der Waals surface area contributed by atoms with Crippen molar-refractivity contribution >= 4 is 27.1 Å². The Kier molecular flexibility index (Phi) is 8.56. The average molecular weight is 612 g/mol. The van der Waals surface area contributed by atoms with Gasteiger partial charge in [-0.25, -0.2) is 22.8 Å². The maximum absolute atomic E-state index is 15.2. The minimum absolute atomic E-state index is 0.0550. The van der Waals surface area contributed by atoms with Crippen LogP contribution in [-0.2, 0) is 21.8 Å². The highest BCUT2D eigenvalue weighted by atomic mass is 35.5. The van der Waals surface area contributed by atoms with Crippen molar-refractivity contribution in [2.75, 3.05) is 25.5 Å². The molecule has 1 saturated carbocycles. The summed E-state index contributed by atoms with van der Waals surface area (Å²) in [4.78, 5) is 9.37. The Labute approximate surface area is 241 Å². The lowest BCUT2D eigenvalue weighted by atomic mass is 9.77. The number of nitrogens with zero attached hydrogens (tertiary/aromatic N) is 3. The van der Waals surface area contributed by atoms with Crippen LogP contribution in [0.25, 0.3) is 0 Å². The highest BCUT2D eigenvalue weighted by Crippen LogP contribution is 2.40. The monoisotopic (exact) mass is 611 g/mol. The molecule has 41 heavy (non-hydrogen) atoms. The lowest BCUT2D eigenvalue weighted by Crippen LogP contribution is -2.62. The Balaban J connectivity index is 1.37. The molecule has 0 bridgehead atoms. The molecule has 0 unspecified atom stereocenters. The van der Waals surface area contributed by atoms with E-state index in [1.807, 2.05) is 7.05 Å². The van der Waals surface area contributed by atoms with Gasteiger partial charge in [-0.2, -0.15) is 13.2 Å². The van der Waals surface area contributed by atoms with Crippen LogP contribution in [0.15, 0.2) is 59.9 Å². The van der Waals surface area contributed by atoms with Crippen molar-refractivity contribution in [3.05, 3.63) is 82.6 Å². The molecule has 2 aliphatic rings. The number of hydrogen-bond acceptors (Lipinski definition) is 7. The number of rotatable bonds is 8. The highest BCUT2D eigenvalue weighted by Gasteiger charge is 2.39. The van der Waals surface area contributed by atoms with Crippen LogP contribution in [0, 0.1) is 5.82 Å². The second kappa shape index (κ2) is 11.8. The lowest BCUT2D eigenvalue weighted by Gasteiger charge is -2.47. The summed E-state index contributed by atoms with van der Waals surface area (Å²) in [5.74, 6) is -1.52. The Morgan fingerprint density at radius 2 is 1.93 bits per heavy atom. The van der Waals surface area contributed by atoms with Crippen molar-refractivity contribution in [2.24, 2.45) is 0 Å². The molecule has 5 rings (SSSR count). The van der Waals surface area contributed by atoms with Gasteiger partial charge in [0.25, 0.3) is 0 Å². The zero-order chi connectivity index (χ0) is 29.4. The molecule has 2 N–H and O–H groups in total. The fourth-order valence-electron chi connectivity index (χ4n) is 5.62. The highest BCUT2D eigenvalue weighted by molar-refractivity contribution is 7.90. The quantitative estimate of drug-likeness (QED) is 0.335. The molecule has 2 aromatic carbocycles. The summed E-state index contributed by atoms with van der Waals surface area (Å²) in [7, 11) is -2.08. The molecule has 220 valence electrons. The van der Waals surface area contributed by atoms with Crippen LogP contribution < -0.4 is 10.6 Å². The van der Waals surface area contributed by atoms with Gasteiger partial charge in [0.1, 0.15) is 17.0 Å². The van der Waals surface area contributed by atoms with E-state index in [1.165, 1.54) is 30.7 Å². The van der Waals surface area contributed by atoms with Crippen LogP contribution in [0.3, 0.4) is 0 Å². The van der Waals surface area contributed by atoms with E-state index in [1.54, 1.807) is 6.07 Å². The first-order chi connectivity index (χ1) is 19.4. The summed E-state index contributed by atoms with van der Waals surface area (Å²) in [6.45, 7) is 1.59. The van der Waals surface area contributed by atoms with Crippen molar-refractivity contribution in [1.82, 2.24) is 20.2 Å². The molecule has 0 amide bonds. The maximum Gasteiger partial charge on any atom is 0.416 e. The van der Waals surface area contributed by atoms with Crippen LogP contribution >= 0.6 is 11.6 Å². The zero-order valence-corrected chi connectivity index (χ0v) is 23.8. The predicted molar refractivity (Wildman–Crippen MR) is 148 cm³/mol. The van der Waals surface area contributed by atoms with Gasteiger partial charge in [0.2, 0.25) is 0 Å². The molecule has 1 aliphatic heterocycles. The molecule has 0 spiro atoms. The van der Waals surface area contributed by atoms with Crippen molar-refractivity contribution in [2.45, 2.75) is 60.1 Å². The van der Waals surface area contributed by atoms with E-state index in [9.17, 15) is 21.6 Å². The van der Waals surface area contributed by atoms with E-state index in [2.05, 4.69) is 25.5 Å². The van der Waals surface area contributed by atoms with Gasteiger partial charge in [0.05, 0.1) is 27.7 Å². The number of anilines is 1. The van der Waals surface area contributed by atoms with Gasteiger partial charge < -0.3 is 10.6 Å². The molecule has 3 aromatic rings. The second-order valence-electron chi connectivity index (χ2n) is 10.7. The number of alkyl halides is 3. The van der Waals surface area contributed by atoms with E-state index in [0.717, 1.165) is 31.3 Å². The minimum atomic E-state index is -4.42. The standard InChI is InChI=1S/C28H30ClF4N5O2S/c1-38(21-13-35-14-21)26-10-18(17-3-2-4-19(9-17)28(31,32)33)5-6-24(26)37-25-12-23(30)27(11-22(25)29)41(39,40)15-20-7-8-34-16-36-20/h2-4,7-9,11-12,16,18,21,24,26,35,37H,5-6,10,13-15H2,1H3/t18-,24-,26-/m0/s1. The molecule has 0 radical (unpaired) electrons. The van der Waals surface area contributed by atoms with Gasteiger partial charge in [-0.1, -0.05) is 29.8 Å². The Hall–Kier alpha value is -2.80. The molecule has 2 heterocycles. The van der Waals surface area contributed by atoms with Gasteiger partial charge in [0.15, 0.2) is 9.84 Å². The van der Waals surface area contributed by atoms with E-state index < -0.39 is 38.0 Å². The van der Waals surface area contributed by atoms with Crippen molar-refractivity contribution in [3.63, 3.8) is 0 Å². The number of hydrogen-bond donors (Lipinski definition) is 2. The smallest absolute Gasteiger partial charge is 0.379 e. The summed E-state index contributed by atoms with van der Waals surface area (Å²) in [5, 5.41) is 6.63. The fraction of sp³-hybridized carbons (Fsp3) is 0.429. The number of aromatic nitrogens is 2. The fourth-order valence-corrected chi connectivity index (χ4v) is 7.27. The van der Waals surface area contributed by atoms with Crippen molar-refractivity contribution in [1.29, 1.82) is 0 Å². The minimum Gasteiger partial charge on any atom is -0.379 e. The summed E-state index contributed by atoms with van der Waals surface area (Å²) < 4.78 is 81.2. The van der Waals surface area contributed by atoms with Crippen LogP contribution in [0.5, 0.6) is 0 Å². The molecule has 2 fully saturated rings. The first-order valence-electron chi connectivity index (χ1n) is 13.3. The van der Waals surface area contributed by atoms with Gasteiger partial charge in [0, 0.05) is 37.4 Å². The summed E-state index contributed by atoms with van der Waals surface area (Å²) >= 11 is 6.49. The third kappa shape index (κ3) is 6.66. The topological polar surface area (TPSA) is 87.2 Å². The third-order valence-corrected chi connectivity index (χ3v) is 10.0. The first-order valence-corrected chi connectivity index (χ1v) is 15.3. The number of sulfone groups is 1. The van der Waals surface area contributed by atoms with E-state index in [-0.39, 0.29) is 40.4 Å². The summed E-state index contributed by atoms with van der Waals surface area (Å²) in [5.41, 5.74) is 0.468. The molecule has 1 aromatic heterocycles. The number of nitrogens with one attached hydrogen (secondary N) is 2. The SMILES string of the molecule is CN(C1CNC1)[C@H]1C[C@@H](c2cccc(C(F)(F)F)c2)CC[C@@H]1Nc1cc(F)c(S(=O)(=O)Cc2ccncn2)cc1Cl. The summed E-state index contributed by atoms with van der Waals surface area (Å²) in [6, 6.07) is 9.11. The van der Waals surface area contributed by atoms with Crippen LogP contribution in [0.1, 0.15) is 42.0 Å². The Morgan fingerprint density at radius 3 is 2.59 bits per heavy atom. The third-order valence-electron chi connectivity index (χ3n) is 8.04. The molecule has 1 aliphatic carbocycles. The molecular weight excluding hydrogens is 582 g/mol. The van der Waals surface area contributed by atoms with Crippen LogP contribution in [0.4, 0.5) is 23.2 Å². The molecule has 13 heteroatoms. The second-order valence-corrected chi connectivity index (χ2v) is 13.0. The number of benzene rings is 2. The van der Waals surface area contributed by atoms with Gasteiger partial charge in [-0.05, 0) is 62.1 Å². The molecule has 7 nitrogen and oxygen atoms in total. The Bertz CT molecular complexity index is 1490. The lowest BCUT2D eigenvalue weighted by molar-refractivity contribution is -0.137.